The highest BCUT2D eigenvalue weighted by molar-refractivity contribution is 6.35. The van der Waals surface area contributed by atoms with Gasteiger partial charge in [0.05, 0.1) is 17.2 Å². The van der Waals surface area contributed by atoms with E-state index in [4.69, 9.17) is 42.6 Å². The minimum atomic E-state index is -5.08. The zero-order chi connectivity index (χ0) is 21.3. The number of hydrogen-bond acceptors (Lipinski definition) is 4. The van der Waals surface area contributed by atoms with Gasteiger partial charge in [0.25, 0.3) is 0 Å². The molecule has 10 heteroatoms. The van der Waals surface area contributed by atoms with Crippen molar-refractivity contribution in [1.29, 1.82) is 0 Å². The van der Waals surface area contributed by atoms with E-state index in [1.807, 2.05) is 27.8 Å². The molecule has 5 nitrogen and oxygen atoms in total. The van der Waals surface area contributed by atoms with Crippen LogP contribution in [0.1, 0.15) is 27.2 Å². The number of carboxylic acids is 1. The van der Waals surface area contributed by atoms with Crippen molar-refractivity contribution in [1.82, 2.24) is 5.32 Å². The van der Waals surface area contributed by atoms with E-state index in [9.17, 15) is 13.2 Å². The van der Waals surface area contributed by atoms with Gasteiger partial charge in [-0.1, -0.05) is 23.2 Å². The monoisotopic (exact) mass is 433 g/mol. The zero-order valence-corrected chi connectivity index (χ0v) is 17.0. The molecule has 0 aliphatic rings. The SMILES string of the molecule is CNCC[C@H](COC(C)(C)C)Oc1ccc(Cl)cc1Cl.O=C(O)C(F)(F)F. The molecule has 1 rings (SSSR count). The van der Waals surface area contributed by atoms with Gasteiger partial charge in [-0.15, -0.1) is 0 Å². The lowest BCUT2D eigenvalue weighted by Crippen LogP contribution is -2.32. The van der Waals surface area contributed by atoms with Gasteiger partial charge in [-0.3, -0.25) is 0 Å². The topological polar surface area (TPSA) is 67.8 Å². The summed E-state index contributed by atoms with van der Waals surface area (Å²) in [5, 5.41) is 11.4. The summed E-state index contributed by atoms with van der Waals surface area (Å²) in [4.78, 5) is 8.90. The van der Waals surface area contributed by atoms with E-state index >= 15 is 0 Å². The summed E-state index contributed by atoms with van der Waals surface area (Å²) in [6, 6.07) is 5.23. The lowest BCUT2D eigenvalue weighted by molar-refractivity contribution is -0.192. The number of carbonyl (C=O) groups is 1. The van der Waals surface area contributed by atoms with E-state index in [2.05, 4.69) is 5.32 Å². The summed E-state index contributed by atoms with van der Waals surface area (Å²) in [6.45, 7) is 7.44. The second kappa shape index (κ2) is 11.6. The maximum Gasteiger partial charge on any atom is 0.490 e. The van der Waals surface area contributed by atoms with E-state index < -0.39 is 12.1 Å². The number of alkyl halides is 3. The minimum absolute atomic E-state index is 0.0552. The Labute approximate surface area is 166 Å². The first-order valence-corrected chi connectivity index (χ1v) is 8.72. The number of halogens is 5. The molecule has 1 atom stereocenters. The van der Waals surface area contributed by atoms with Crippen molar-refractivity contribution < 1.29 is 32.5 Å². The summed E-state index contributed by atoms with van der Waals surface area (Å²) in [5.74, 6) is -2.12. The van der Waals surface area contributed by atoms with Crippen molar-refractivity contribution in [2.75, 3.05) is 20.2 Å². The smallest absolute Gasteiger partial charge is 0.486 e. The Morgan fingerprint density at radius 3 is 2.22 bits per heavy atom. The Hall–Kier alpha value is -1.22. The van der Waals surface area contributed by atoms with E-state index in [1.165, 1.54) is 0 Å². The van der Waals surface area contributed by atoms with Gasteiger partial charge in [0.1, 0.15) is 11.9 Å². The van der Waals surface area contributed by atoms with Crippen LogP contribution in [0.25, 0.3) is 0 Å². The molecule has 0 saturated carbocycles. The van der Waals surface area contributed by atoms with E-state index in [1.54, 1.807) is 18.2 Å². The molecule has 0 unspecified atom stereocenters. The molecule has 1 aromatic carbocycles. The summed E-state index contributed by atoms with van der Waals surface area (Å²) in [5.41, 5.74) is -0.189. The van der Waals surface area contributed by atoms with Crippen LogP contribution in [0, 0.1) is 0 Å². The first-order valence-electron chi connectivity index (χ1n) is 7.96. The maximum atomic E-state index is 10.6. The minimum Gasteiger partial charge on any atom is -0.486 e. The van der Waals surface area contributed by atoms with Crippen molar-refractivity contribution in [3.8, 4) is 5.75 Å². The third kappa shape index (κ3) is 12.7. The average Bonchev–Trinajstić information content (AvgIpc) is 2.51. The molecule has 0 amide bonds. The summed E-state index contributed by atoms with van der Waals surface area (Å²) >= 11 is 12.0. The van der Waals surface area contributed by atoms with Crippen LogP contribution in [-0.2, 0) is 9.53 Å². The maximum absolute atomic E-state index is 10.6. The highest BCUT2D eigenvalue weighted by atomic mass is 35.5. The van der Waals surface area contributed by atoms with Crippen LogP contribution >= 0.6 is 23.2 Å². The standard InChI is InChI=1S/C15H23Cl2NO2.C2HF3O2/c1-15(2,3)19-10-12(7-8-18-4)20-14-6-5-11(16)9-13(14)17;3-2(4,5)1(6)7/h5-6,9,12,18H,7-8,10H2,1-4H3;(H,6,7)/t12-;/m1./s1. The molecule has 27 heavy (non-hydrogen) atoms. The highest BCUT2D eigenvalue weighted by Crippen LogP contribution is 2.29. The normalized spacial score (nSPS) is 12.8. The van der Waals surface area contributed by atoms with Crippen LogP contribution in [0.5, 0.6) is 5.75 Å². The van der Waals surface area contributed by atoms with Crippen molar-refractivity contribution in [3.63, 3.8) is 0 Å². The fourth-order valence-electron chi connectivity index (χ4n) is 1.57. The van der Waals surface area contributed by atoms with Gasteiger partial charge < -0.3 is 19.9 Å². The fourth-order valence-corrected chi connectivity index (χ4v) is 2.03. The van der Waals surface area contributed by atoms with E-state index in [-0.39, 0.29) is 11.7 Å². The molecule has 0 fully saturated rings. The van der Waals surface area contributed by atoms with Crippen molar-refractivity contribution in [2.45, 2.75) is 45.1 Å². The van der Waals surface area contributed by atoms with Crippen molar-refractivity contribution in [3.05, 3.63) is 28.2 Å². The van der Waals surface area contributed by atoms with Crippen LogP contribution in [0.2, 0.25) is 10.0 Å². The first kappa shape index (κ1) is 25.8. The predicted octanol–water partition coefficient (Wildman–Crippen LogP) is 4.80. The molecule has 0 aromatic heterocycles. The molecule has 0 aliphatic heterocycles. The Bertz CT molecular complexity index is 593. The van der Waals surface area contributed by atoms with Crippen LogP contribution in [-0.4, -0.2) is 49.2 Å². The zero-order valence-electron chi connectivity index (χ0n) is 15.5. The van der Waals surface area contributed by atoms with Gasteiger partial charge in [0.15, 0.2) is 0 Å². The number of hydrogen-bond donors (Lipinski definition) is 2. The Morgan fingerprint density at radius 2 is 1.81 bits per heavy atom. The fraction of sp³-hybridized carbons (Fsp3) is 0.588. The van der Waals surface area contributed by atoms with Crippen molar-refractivity contribution >= 4 is 29.2 Å². The molecule has 0 radical (unpaired) electrons. The second-order valence-electron chi connectivity index (χ2n) is 6.43. The number of ether oxygens (including phenoxy) is 2. The molecular formula is C17H24Cl2F3NO4. The van der Waals surface area contributed by atoms with Crippen molar-refractivity contribution in [2.24, 2.45) is 0 Å². The van der Waals surface area contributed by atoms with Crippen LogP contribution in [0.4, 0.5) is 13.2 Å². The number of nitrogens with one attached hydrogen (secondary N) is 1. The van der Waals surface area contributed by atoms with Gasteiger partial charge >= 0.3 is 12.1 Å². The van der Waals surface area contributed by atoms with Gasteiger partial charge in [-0.25, -0.2) is 4.79 Å². The lowest BCUT2D eigenvalue weighted by atomic mass is 10.2. The van der Waals surface area contributed by atoms with Gasteiger partial charge in [0.2, 0.25) is 0 Å². The molecule has 0 spiro atoms. The number of rotatable bonds is 7. The molecule has 0 heterocycles. The lowest BCUT2D eigenvalue weighted by Gasteiger charge is -2.25. The van der Waals surface area contributed by atoms with Crippen LogP contribution in [0.15, 0.2) is 18.2 Å². The van der Waals surface area contributed by atoms with Crippen LogP contribution in [0.3, 0.4) is 0 Å². The molecule has 0 aliphatic carbocycles. The Morgan fingerprint density at radius 1 is 1.26 bits per heavy atom. The summed E-state index contributed by atoms with van der Waals surface area (Å²) < 4.78 is 43.5. The van der Waals surface area contributed by atoms with Gasteiger partial charge in [-0.05, 0) is 59.0 Å². The molecule has 1 aromatic rings. The quantitative estimate of drug-likeness (QED) is 0.646. The number of benzene rings is 1. The third-order valence-electron chi connectivity index (χ3n) is 2.85. The number of carboxylic acid groups (broad SMARTS) is 1. The largest absolute Gasteiger partial charge is 0.490 e. The van der Waals surface area contributed by atoms with Gasteiger partial charge in [-0.2, -0.15) is 13.2 Å². The molecule has 156 valence electrons. The average molecular weight is 434 g/mol. The van der Waals surface area contributed by atoms with E-state index in [0.717, 1.165) is 13.0 Å². The second-order valence-corrected chi connectivity index (χ2v) is 7.28. The highest BCUT2D eigenvalue weighted by Gasteiger charge is 2.38. The van der Waals surface area contributed by atoms with Gasteiger partial charge in [0, 0.05) is 5.02 Å². The summed E-state index contributed by atoms with van der Waals surface area (Å²) in [7, 11) is 1.91. The Balaban J connectivity index is 0.000000821. The third-order valence-corrected chi connectivity index (χ3v) is 3.38. The number of aliphatic carboxylic acids is 1. The molecular weight excluding hydrogens is 410 g/mol. The molecule has 0 bridgehead atoms. The first-order chi connectivity index (χ1) is 12.3. The van der Waals surface area contributed by atoms with Crippen LogP contribution < -0.4 is 10.1 Å². The van der Waals surface area contributed by atoms with E-state index in [0.29, 0.717) is 22.4 Å². The summed E-state index contributed by atoms with van der Waals surface area (Å²) in [6.07, 6.45) is -4.30. The molecule has 2 N–H and O–H groups in total. The Kier molecular flexibility index (Phi) is 11.1. The predicted molar refractivity (Wildman–Crippen MR) is 98.8 cm³/mol. The molecule has 0 saturated heterocycles.